The minimum Gasteiger partial charge on any atom is -0.454 e. The molecule has 2 aliphatic heterocycles. The van der Waals surface area contributed by atoms with Gasteiger partial charge in [0.1, 0.15) is 0 Å². The van der Waals surface area contributed by atoms with E-state index in [1.54, 1.807) is 7.11 Å². The summed E-state index contributed by atoms with van der Waals surface area (Å²) in [6.45, 7) is 4.21. The summed E-state index contributed by atoms with van der Waals surface area (Å²) in [7, 11) is 1.59. The van der Waals surface area contributed by atoms with Crippen molar-refractivity contribution in [2.75, 3.05) is 59.9 Å². The molecule has 0 radical (unpaired) electrons. The van der Waals surface area contributed by atoms with E-state index in [1.165, 1.54) is 0 Å². The highest BCUT2D eigenvalue weighted by Crippen LogP contribution is 2.35. The van der Waals surface area contributed by atoms with Crippen LogP contribution < -0.4 is 20.1 Å². The third-order valence-corrected chi connectivity index (χ3v) is 4.74. The first-order valence-corrected chi connectivity index (χ1v) is 9.45. The number of fused-ring (bicyclic) bond motifs is 1. The third kappa shape index (κ3) is 5.34. The molecule has 9 heteroatoms. The van der Waals surface area contributed by atoms with Crippen molar-refractivity contribution < 1.29 is 28.5 Å². The highest BCUT2D eigenvalue weighted by atomic mass is 16.7. The standard InChI is InChI=1S/C19H27N3O6/c1-25-8-2-5-20-18(23)19(24)21-12-15(22-6-9-26-10-7-22)14-3-4-16-17(11-14)28-13-27-16/h3-4,11,15H,2,5-10,12-13H2,1H3,(H,20,23)(H,21,24). The maximum absolute atomic E-state index is 12.2. The number of ether oxygens (including phenoxy) is 4. The third-order valence-electron chi connectivity index (χ3n) is 4.74. The van der Waals surface area contributed by atoms with Gasteiger partial charge in [-0.3, -0.25) is 14.5 Å². The molecule has 0 aromatic heterocycles. The summed E-state index contributed by atoms with van der Waals surface area (Å²) in [6.07, 6.45) is 0.656. The molecule has 0 bridgehead atoms. The highest BCUT2D eigenvalue weighted by molar-refractivity contribution is 6.35. The molecule has 0 spiro atoms. The highest BCUT2D eigenvalue weighted by Gasteiger charge is 2.26. The summed E-state index contributed by atoms with van der Waals surface area (Å²) in [5.41, 5.74) is 0.993. The Labute approximate surface area is 164 Å². The fourth-order valence-corrected chi connectivity index (χ4v) is 3.24. The lowest BCUT2D eigenvalue weighted by Gasteiger charge is -2.34. The van der Waals surface area contributed by atoms with E-state index in [4.69, 9.17) is 18.9 Å². The zero-order valence-electron chi connectivity index (χ0n) is 16.1. The molecule has 1 aromatic carbocycles. The summed E-state index contributed by atoms with van der Waals surface area (Å²) in [6, 6.07) is 5.67. The van der Waals surface area contributed by atoms with Gasteiger partial charge in [0.25, 0.3) is 0 Å². The van der Waals surface area contributed by atoms with Crippen LogP contribution in [-0.2, 0) is 19.1 Å². The van der Waals surface area contributed by atoms with Gasteiger partial charge < -0.3 is 29.6 Å². The van der Waals surface area contributed by atoms with Crippen LogP contribution in [0.1, 0.15) is 18.0 Å². The minimum absolute atomic E-state index is 0.0939. The van der Waals surface area contributed by atoms with Crippen LogP contribution in [0.3, 0.4) is 0 Å². The Hall–Kier alpha value is -2.36. The van der Waals surface area contributed by atoms with Crippen LogP contribution >= 0.6 is 0 Å². The Morgan fingerprint density at radius 3 is 2.68 bits per heavy atom. The molecule has 0 aliphatic carbocycles. The molecule has 2 aliphatic rings. The molecule has 1 unspecified atom stereocenters. The lowest BCUT2D eigenvalue weighted by atomic mass is 10.0. The van der Waals surface area contributed by atoms with Gasteiger partial charge in [-0.1, -0.05) is 6.07 Å². The molecule has 1 aromatic rings. The SMILES string of the molecule is COCCCNC(=O)C(=O)NCC(c1ccc2c(c1)OCO2)N1CCOCC1. The smallest absolute Gasteiger partial charge is 0.309 e. The second-order valence-electron chi connectivity index (χ2n) is 6.59. The molecule has 1 atom stereocenters. The van der Waals surface area contributed by atoms with E-state index in [0.29, 0.717) is 50.8 Å². The van der Waals surface area contributed by atoms with Crippen molar-refractivity contribution in [1.29, 1.82) is 0 Å². The molecule has 2 amide bonds. The first-order chi connectivity index (χ1) is 13.7. The monoisotopic (exact) mass is 393 g/mol. The molecule has 154 valence electrons. The van der Waals surface area contributed by atoms with E-state index in [0.717, 1.165) is 18.7 Å². The Kier molecular flexibility index (Phi) is 7.46. The number of hydrogen-bond acceptors (Lipinski definition) is 7. The lowest BCUT2D eigenvalue weighted by molar-refractivity contribution is -0.139. The number of morpholine rings is 1. The summed E-state index contributed by atoms with van der Waals surface area (Å²) < 4.78 is 21.2. The van der Waals surface area contributed by atoms with Gasteiger partial charge >= 0.3 is 11.8 Å². The van der Waals surface area contributed by atoms with Gasteiger partial charge in [0.15, 0.2) is 11.5 Å². The predicted molar refractivity (Wildman–Crippen MR) is 100 cm³/mol. The summed E-state index contributed by atoms with van der Waals surface area (Å²) in [5.74, 6) is 0.126. The Morgan fingerprint density at radius 2 is 1.89 bits per heavy atom. The average molecular weight is 393 g/mol. The number of methoxy groups -OCH3 is 1. The van der Waals surface area contributed by atoms with Crippen LogP contribution in [0.5, 0.6) is 11.5 Å². The Balaban J connectivity index is 1.61. The molecule has 3 rings (SSSR count). The molecule has 1 fully saturated rings. The zero-order valence-corrected chi connectivity index (χ0v) is 16.1. The van der Waals surface area contributed by atoms with Crippen LogP contribution in [0, 0.1) is 0 Å². The maximum atomic E-state index is 12.2. The fraction of sp³-hybridized carbons (Fsp3) is 0.579. The van der Waals surface area contributed by atoms with Crippen molar-refractivity contribution in [2.45, 2.75) is 12.5 Å². The molecule has 0 saturated carbocycles. The number of hydrogen-bond donors (Lipinski definition) is 2. The molecule has 2 heterocycles. The van der Waals surface area contributed by atoms with E-state index in [9.17, 15) is 9.59 Å². The van der Waals surface area contributed by atoms with Gasteiger partial charge in [-0.15, -0.1) is 0 Å². The number of benzene rings is 1. The zero-order chi connectivity index (χ0) is 19.8. The topological polar surface area (TPSA) is 98.4 Å². The second-order valence-corrected chi connectivity index (χ2v) is 6.59. The normalized spacial score (nSPS) is 17.2. The number of amides is 2. The summed E-state index contributed by atoms with van der Waals surface area (Å²) in [4.78, 5) is 26.4. The molecule has 1 saturated heterocycles. The Bertz CT molecular complexity index is 678. The largest absolute Gasteiger partial charge is 0.454 e. The van der Waals surface area contributed by atoms with Gasteiger partial charge in [0.05, 0.1) is 19.3 Å². The van der Waals surface area contributed by atoms with E-state index < -0.39 is 11.8 Å². The van der Waals surface area contributed by atoms with Crippen molar-refractivity contribution in [3.63, 3.8) is 0 Å². The molecule has 28 heavy (non-hydrogen) atoms. The first kappa shape index (κ1) is 20.4. The quantitative estimate of drug-likeness (QED) is 0.476. The van der Waals surface area contributed by atoms with Crippen molar-refractivity contribution >= 4 is 11.8 Å². The van der Waals surface area contributed by atoms with Gasteiger partial charge in [0, 0.05) is 39.9 Å². The number of nitrogens with one attached hydrogen (secondary N) is 2. The fourth-order valence-electron chi connectivity index (χ4n) is 3.24. The molecular formula is C19H27N3O6. The van der Waals surface area contributed by atoms with Crippen molar-refractivity contribution in [3.05, 3.63) is 23.8 Å². The van der Waals surface area contributed by atoms with Crippen LogP contribution in [0.4, 0.5) is 0 Å². The summed E-state index contributed by atoms with van der Waals surface area (Å²) in [5, 5.41) is 5.34. The number of carbonyl (C=O) groups is 2. The second kappa shape index (κ2) is 10.3. The number of nitrogens with zero attached hydrogens (tertiary/aromatic N) is 1. The number of rotatable bonds is 8. The Morgan fingerprint density at radius 1 is 1.14 bits per heavy atom. The summed E-state index contributed by atoms with van der Waals surface area (Å²) >= 11 is 0. The van der Waals surface area contributed by atoms with Crippen LogP contribution in [0.2, 0.25) is 0 Å². The average Bonchev–Trinajstić information content (AvgIpc) is 3.20. The van der Waals surface area contributed by atoms with E-state index in [2.05, 4.69) is 15.5 Å². The van der Waals surface area contributed by atoms with Crippen molar-refractivity contribution in [3.8, 4) is 11.5 Å². The lowest BCUT2D eigenvalue weighted by Crippen LogP contribution is -2.46. The number of carbonyl (C=O) groups excluding carboxylic acids is 2. The predicted octanol–water partition coefficient (Wildman–Crippen LogP) is 0.0575. The van der Waals surface area contributed by atoms with E-state index in [1.807, 2.05) is 18.2 Å². The molecular weight excluding hydrogens is 366 g/mol. The molecule has 2 N–H and O–H groups in total. The van der Waals surface area contributed by atoms with E-state index in [-0.39, 0.29) is 12.8 Å². The molecule has 9 nitrogen and oxygen atoms in total. The van der Waals surface area contributed by atoms with Gasteiger partial charge in [-0.2, -0.15) is 0 Å². The van der Waals surface area contributed by atoms with Crippen molar-refractivity contribution in [1.82, 2.24) is 15.5 Å². The maximum Gasteiger partial charge on any atom is 0.309 e. The first-order valence-electron chi connectivity index (χ1n) is 9.45. The van der Waals surface area contributed by atoms with Crippen LogP contribution in [0.15, 0.2) is 18.2 Å². The minimum atomic E-state index is -0.642. The van der Waals surface area contributed by atoms with Crippen LogP contribution in [0.25, 0.3) is 0 Å². The van der Waals surface area contributed by atoms with Crippen molar-refractivity contribution in [2.24, 2.45) is 0 Å². The van der Waals surface area contributed by atoms with Crippen LogP contribution in [-0.4, -0.2) is 76.6 Å². The van der Waals surface area contributed by atoms with E-state index >= 15 is 0 Å². The van der Waals surface area contributed by atoms with Gasteiger partial charge in [0.2, 0.25) is 6.79 Å². The van der Waals surface area contributed by atoms with Gasteiger partial charge in [-0.05, 0) is 24.1 Å². The van der Waals surface area contributed by atoms with Gasteiger partial charge in [-0.25, -0.2) is 0 Å².